The first-order valence-corrected chi connectivity index (χ1v) is 7.34. The highest BCUT2D eigenvalue weighted by molar-refractivity contribution is 6.00. The Kier molecular flexibility index (Phi) is 5.28. The van der Waals surface area contributed by atoms with Gasteiger partial charge in [0.25, 0.3) is 0 Å². The van der Waals surface area contributed by atoms with E-state index in [2.05, 4.69) is 11.9 Å². The first kappa shape index (κ1) is 15.4. The maximum Gasteiger partial charge on any atom is 0.303 e. The van der Waals surface area contributed by atoms with E-state index in [0.717, 1.165) is 19.3 Å². The predicted molar refractivity (Wildman–Crippen MR) is 81.7 cm³/mol. The van der Waals surface area contributed by atoms with Crippen molar-refractivity contribution in [3.63, 3.8) is 0 Å². The van der Waals surface area contributed by atoms with E-state index in [1.54, 1.807) is 6.08 Å². The fourth-order valence-electron chi connectivity index (χ4n) is 2.75. The SMILES string of the molecule is C=CCNC(CCC(=O)O)C(=O)c1ccc2c(c1)CCC2. The van der Waals surface area contributed by atoms with Crippen molar-refractivity contribution < 1.29 is 14.7 Å². The molecule has 1 aromatic rings. The molecule has 1 aliphatic carbocycles. The number of aryl methyl sites for hydroxylation is 2. The van der Waals surface area contributed by atoms with E-state index < -0.39 is 12.0 Å². The van der Waals surface area contributed by atoms with E-state index in [1.807, 2.05) is 18.2 Å². The van der Waals surface area contributed by atoms with E-state index in [0.29, 0.717) is 18.5 Å². The summed E-state index contributed by atoms with van der Waals surface area (Å²) in [5.41, 5.74) is 3.25. The van der Waals surface area contributed by atoms with Crippen LogP contribution in [0.4, 0.5) is 0 Å². The summed E-state index contributed by atoms with van der Waals surface area (Å²) in [7, 11) is 0. The molecule has 0 spiro atoms. The summed E-state index contributed by atoms with van der Waals surface area (Å²) < 4.78 is 0. The van der Waals surface area contributed by atoms with Crippen LogP contribution in [0, 0.1) is 0 Å². The van der Waals surface area contributed by atoms with Gasteiger partial charge < -0.3 is 10.4 Å². The standard InChI is InChI=1S/C17H21NO3/c1-2-10-18-15(8-9-16(19)20)17(21)14-7-6-12-4-3-5-13(12)11-14/h2,6-7,11,15,18H,1,3-5,8-10H2,(H,19,20). The molecule has 1 aromatic carbocycles. The summed E-state index contributed by atoms with van der Waals surface area (Å²) in [6.07, 6.45) is 5.19. The van der Waals surface area contributed by atoms with Crippen LogP contribution in [0.1, 0.15) is 40.7 Å². The van der Waals surface area contributed by atoms with Gasteiger partial charge in [-0.15, -0.1) is 6.58 Å². The summed E-state index contributed by atoms with van der Waals surface area (Å²) in [5.74, 6) is -0.921. The fraction of sp³-hybridized carbons (Fsp3) is 0.412. The number of hydrogen-bond acceptors (Lipinski definition) is 3. The van der Waals surface area contributed by atoms with E-state index in [9.17, 15) is 9.59 Å². The highest BCUT2D eigenvalue weighted by Crippen LogP contribution is 2.23. The lowest BCUT2D eigenvalue weighted by Gasteiger charge is -2.16. The zero-order valence-corrected chi connectivity index (χ0v) is 12.1. The van der Waals surface area contributed by atoms with Crippen LogP contribution < -0.4 is 5.32 Å². The molecule has 0 radical (unpaired) electrons. The normalized spacial score (nSPS) is 14.5. The van der Waals surface area contributed by atoms with Gasteiger partial charge >= 0.3 is 5.97 Å². The van der Waals surface area contributed by atoms with Crippen LogP contribution in [0.15, 0.2) is 30.9 Å². The van der Waals surface area contributed by atoms with Crippen molar-refractivity contribution in [2.45, 2.75) is 38.1 Å². The first-order valence-electron chi connectivity index (χ1n) is 7.34. The third-order valence-corrected chi connectivity index (χ3v) is 3.85. The minimum Gasteiger partial charge on any atom is -0.481 e. The van der Waals surface area contributed by atoms with Crippen LogP contribution in [-0.4, -0.2) is 29.4 Å². The maximum absolute atomic E-state index is 12.6. The van der Waals surface area contributed by atoms with Crippen molar-refractivity contribution in [1.82, 2.24) is 5.32 Å². The molecule has 1 unspecified atom stereocenters. The molecule has 0 heterocycles. The van der Waals surface area contributed by atoms with Gasteiger partial charge in [-0.1, -0.05) is 18.2 Å². The van der Waals surface area contributed by atoms with Crippen LogP contribution in [0.2, 0.25) is 0 Å². The number of carboxylic acids is 1. The second-order valence-electron chi connectivity index (χ2n) is 5.38. The van der Waals surface area contributed by atoms with Crippen molar-refractivity contribution in [3.05, 3.63) is 47.5 Å². The molecule has 2 rings (SSSR count). The lowest BCUT2D eigenvalue weighted by molar-refractivity contribution is -0.137. The van der Waals surface area contributed by atoms with Crippen LogP contribution in [-0.2, 0) is 17.6 Å². The molecule has 1 aliphatic rings. The summed E-state index contributed by atoms with van der Waals surface area (Å²) in [6, 6.07) is 5.37. The van der Waals surface area contributed by atoms with Crippen molar-refractivity contribution >= 4 is 11.8 Å². The first-order chi connectivity index (χ1) is 10.1. The van der Waals surface area contributed by atoms with Gasteiger partial charge in [0.15, 0.2) is 5.78 Å². The van der Waals surface area contributed by atoms with Crippen LogP contribution in [0.3, 0.4) is 0 Å². The third kappa shape index (κ3) is 4.02. The zero-order valence-electron chi connectivity index (χ0n) is 12.1. The molecule has 4 nitrogen and oxygen atoms in total. The number of ketones is 1. The van der Waals surface area contributed by atoms with Crippen LogP contribution >= 0.6 is 0 Å². The quantitative estimate of drug-likeness (QED) is 0.569. The van der Waals surface area contributed by atoms with Crippen molar-refractivity contribution in [1.29, 1.82) is 0 Å². The van der Waals surface area contributed by atoms with Gasteiger partial charge in [0.1, 0.15) is 0 Å². The molecule has 4 heteroatoms. The van der Waals surface area contributed by atoms with Crippen molar-refractivity contribution in [3.8, 4) is 0 Å². The number of benzene rings is 1. The summed E-state index contributed by atoms with van der Waals surface area (Å²) in [4.78, 5) is 23.3. The van der Waals surface area contributed by atoms with Crippen LogP contribution in [0.25, 0.3) is 0 Å². The van der Waals surface area contributed by atoms with Gasteiger partial charge in [0, 0.05) is 18.5 Å². The number of aliphatic carboxylic acids is 1. The van der Waals surface area contributed by atoms with E-state index in [-0.39, 0.29) is 12.2 Å². The molecule has 0 fully saturated rings. The van der Waals surface area contributed by atoms with Crippen molar-refractivity contribution in [2.24, 2.45) is 0 Å². The number of Topliss-reactive ketones (excluding diaryl/α,β-unsaturated/α-hetero) is 1. The molecule has 21 heavy (non-hydrogen) atoms. The smallest absolute Gasteiger partial charge is 0.303 e. The Morgan fingerprint density at radius 2 is 2.10 bits per heavy atom. The number of rotatable bonds is 8. The molecule has 2 N–H and O–H groups in total. The highest BCUT2D eigenvalue weighted by atomic mass is 16.4. The molecule has 0 saturated carbocycles. The lowest BCUT2D eigenvalue weighted by atomic mass is 9.97. The summed E-state index contributed by atoms with van der Waals surface area (Å²) >= 11 is 0. The minimum absolute atomic E-state index is 0.0223. The monoisotopic (exact) mass is 287 g/mol. The lowest BCUT2D eigenvalue weighted by Crippen LogP contribution is -2.37. The number of hydrogen-bond donors (Lipinski definition) is 2. The second kappa shape index (κ2) is 7.18. The second-order valence-corrected chi connectivity index (χ2v) is 5.38. The average molecular weight is 287 g/mol. The molecular formula is C17H21NO3. The number of fused-ring (bicyclic) bond motifs is 1. The van der Waals surface area contributed by atoms with Crippen LogP contribution in [0.5, 0.6) is 0 Å². The largest absolute Gasteiger partial charge is 0.481 e. The molecule has 1 atom stereocenters. The number of carboxylic acid groups (broad SMARTS) is 1. The average Bonchev–Trinajstić information content (AvgIpc) is 2.93. The minimum atomic E-state index is -0.887. The van der Waals surface area contributed by atoms with Gasteiger partial charge in [-0.25, -0.2) is 0 Å². The number of carbonyl (C=O) groups excluding carboxylic acids is 1. The molecule has 0 aromatic heterocycles. The van der Waals surface area contributed by atoms with Gasteiger partial charge in [-0.05, 0) is 42.9 Å². The van der Waals surface area contributed by atoms with Gasteiger partial charge in [-0.2, -0.15) is 0 Å². The van der Waals surface area contributed by atoms with Gasteiger partial charge in [0.2, 0.25) is 0 Å². The summed E-state index contributed by atoms with van der Waals surface area (Å²) in [5, 5.41) is 11.9. The topological polar surface area (TPSA) is 66.4 Å². The molecule has 0 amide bonds. The van der Waals surface area contributed by atoms with E-state index >= 15 is 0 Å². The Morgan fingerprint density at radius 3 is 2.81 bits per heavy atom. The highest BCUT2D eigenvalue weighted by Gasteiger charge is 2.21. The Balaban J connectivity index is 2.12. The third-order valence-electron chi connectivity index (χ3n) is 3.85. The number of nitrogens with one attached hydrogen (secondary N) is 1. The predicted octanol–water partition coefficient (Wildman–Crippen LogP) is 2.37. The molecule has 0 saturated heterocycles. The van der Waals surface area contributed by atoms with Gasteiger partial charge in [0.05, 0.1) is 6.04 Å². The zero-order chi connectivity index (χ0) is 15.2. The molecule has 0 aliphatic heterocycles. The number of carbonyl (C=O) groups is 2. The Morgan fingerprint density at radius 1 is 1.33 bits per heavy atom. The van der Waals surface area contributed by atoms with E-state index in [1.165, 1.54) is 11.1 Å². The fourth-order valence-corrected chi connectivity index (χ4v) is 2.75. The molecule has 0 bridgehead atoms. The van der Waals surface area contributed by atoms with Gasteiger partial charge in [-0.3, -0.25) is 9.59 Å². The molecular weight excluding hydrogens is 266 g/mol. The maximum atomic E-state index is 12.6. The Labute approximate surface area is 124 Å². The molecule has 112 valence electrons. The Hall–Kier alpha value is -1.94. The van der Waals surface area contributed by atoms with Crippen molar-refractivity contribution in [2.75, 3.05) is 6.54 Å². The summed E-state index contributed by atoms with van der Waals surface area (Å²) in [6.45, 7) is 4.10. The Bertz CT molecular complexity index is 551. The van der Waals surface area contributed by atoms with E-state index in [4.69, 9.17) is 5.11 Å².